The number of imidazole rings is 1. The molecule has 0 bridgehead atoms. The molecule has 6 nitrogen and oxygen atoms in total. The van der Waals surface area contributed by atoms with Crippen molar-refractivity contribution in [3.63, 3.8) is 0 Å². The van der Waals surface area contributed by atoms with E-state index in [0.29, 0.717) is 16.2 Å². The fraction of sp³-hybridized carbons (Fsp3) is 0.167. The van der Waals surface area contributed by atoms with E-state index in [0.717, 1.165) is 12.8 Å². The van der Waals surface area contributed by atoms with E-state index in [1.807, 2.05) is 0 Å². The Morgan fingerprint density at radius 2 is 1.84 bits per heavy atom. The lowest BCUT2D eigenvalue weighted by Crippen LogP contribution is -2.27. The third-order valence-corrected chi connectivity index (χ3v) is 4.33. The van der Waals surface area contributed by atoms with Gasteiger partial charge in [0.1, 0.15) is 0 Å². The molecular weight excluding hydrogens is 340 g/mol. The lowest BCUT2D eigenvalue weighted by molar-refractivity contribution is 0.0940. The number of hydrogen-bond donors (Lipinski definition) is 2. The van der Waals surface area contributed by atoms with Gasteiger partial charge in [-0.05, 0) is 37.1 Å². The van der Waals surface area contributed by atoms with Crippen LogP contribution in [0.25, 0.3) is 5.52 Å². The number of carbonyl (C=O) groups excluding carboxylic acids is 2. The van der Waals surface area contributed by atoms with E-state index in [1.54, 1.807) is 53.1 Å². The summed E-state index contributed by atoms with van der Waals surface area (Å²) >= 11 is 6.09. The maximum absolute atomic E-state index is 12.7. The maximum atomic E-state index is 12.7. The highest BCUT2D eigenvalue weighted by atomic mass is 35.5. The van der Waals surface area contributed by atoms with E-state index in [1.165, 1.54) is 0 Å². The fourth-order valence-corrected chi connectivity index (χ4v) is 2.77. The molecule has 25 heavy (non-hydrogen) atoms. The Bertz CT molecular complexity index is 978. The molecule has 0 saturated heterocycles. The normalized spacial score (nSPS) is 13.6. The number of hydrogen-bond acceptors (Lipinski definition) is 3. The van der Waals surface area contributed by atoms with Gasteiger partial charge in [0, 0.05) is 12.2 Å². The molecule has 1 aliphatic carbocycles. The summed E-state index contributed by atoms with van der Waals surface area (Å²) in [6.07, 6.45) is 3.68. The molecule has 1 aromatic carbocycles. The number of aromatic nitrogens is 2. The van der Waals surface area contributed by atoms with E-state index in [2.05, 4.69) is 15.6 Å². The van der Waals surface area contributed by atoms with Crippen LogP contribution in [0.4, 0.5) is 5.69 Å². The number of pyridine rings is 1. The van der Waals surface area contributed by atoms with Crippen LogP contribution in [0.1, 0.15) is 33.9 Å². The lowest BCUT2D eigenvalue weighted by Gasteiger charge is -2.05. The topological polar surface area (TPSA) is 75.5 Å². The highest BCUT2D eigenvalue weighted by Gasteiger charge is 2.27. The molecule has 0 atom stereocenters. The van der Waals surface area contributed by atoms with Crippen molar-refractivity contribution in [1.82, 2.24) is 14.7 Å². The molecule has 3 aromatic rings. The molecule has 4 rings (SSSR count). The zero-order valence-electron chi connectivity index (χ0n) is 13.2. The van der Waals surface area contributed by atoms with Crippen molar-refractivity contribution < 1.29 is 9.59 Å². The van der Waals surface area contributed by atoms with Crippen LogP contribution >= 0.6 is 11.6 Å². The van der Waals surface area contributed by atoms with E-state index in [9.17, 15) is 9.59 Å². The summed E-state index contributed by atoms with van der Waals surface area (Å²) < 4.78 is 1.62. The smallest absolute Gasteiger partial charge is 0.287 e. The summed E-state index contributed by atoms with van der Waals surface area (Å²) in [4.78, 5) is 29.4. The molecule has 1 saturated carbocycles. The molecule has 0 unspecified atom stereocenters. The monoisotopic (exact) mass is 354 g/mol. The quantitative estimate of drug-likeness (QED) is 0.755. The highest BCUT2D eigenvalue weighted by Crippen LogP contribution is 2.23. The summed E-state index contributed by atoms with van der Waals surface area (Å²) in [5.41, 5.74) is 1.24. The first-order valence-corrected chi connectivity index (χ1v) is 8.35. The second kappa shape index (κ2) is 6.22. The Morgan fingerprint density at radius 3 is 2.60 bits per heavy atom. The van der Waals surface area contributed by atoms with Gasteiger partial charge in [-0.2, -0.15) is 0 Å². The number of halogens is 1. The molecular formula is C18H15ClN4O2. The van der Waals surface area contributed by atoms with Gasteiger partial charge in [0.05, 0.1) is 16.2 Å². The van der Waals surface area contributed by atoms with Gasteiger partial charge in [-0.15, -0.1) is 0 Å². The van der Waals surface area contributed by atoms with Gasteiger partial charge in [0.15, 0.2) is 5.69 Å². The van der Waals surface area contributed by atoms with E-state index in [-0.39, 0.29) is 23.5 Å². The van der Waals surface area contributed by atoms with Crippen LogP contribution in [0, 0.1) is 0 Å². The molecule has 2 heterocycles. The molecule has 0 aliphatic heterocycles. The first-order valence-electron chi connectivity index (χ1n) is 7.97. The maximum Gasteiger partial charge on any atom is 0.287 e. The van der Waals surface area contributed by atoms with Gasteiger partial charge < -0.3 is 10.6 Å². The number of anilines is 1. The van der Waals surface area contributed by atoms with Gasteiger partial charge in [-0.1, -0.05) is 29.8 Å². The van der Waals surface area contributed by atoms with Gasteiger partial charge in [0.2, 0.25) is 5.82 Å². The summed E-state index contributed by atoms with van der Waals surface area (Å²) in [6, 6.07) is 12.5. The minimum atomic E-state index is -0.415. The average Bonchev–Trinajstić information content (AvgIpc) is 3.33. The first kappa shape index (κ1) is 15.7. The van der Waals surface area contributed by atoms with Gasteiger partial charge in [-0.3, -0.25) is 14.0 Å². The Balaban J connectivity index is 1.70. The van der Waals surface area contributed by atoms with Crippen LogP contribution in [0.3, 0.4) is 0 Å². The summed E-state index contributed by atoms with van der Waals surface area (Å²) in [6.45, 7) is 0. The third kappa shape index (κ3) is 3.08. The molecule has 0 radical (unpaired) electrons. The minimum absolute atomic E-state index is 0.182. The number of benzene rings is 1. The van der Waals surface area contributed by atoms with Gasteiger partial charge in [-0.25, -0.2) is 4.98 Å². The Hall–Kier alpha value is -2.86. The predicted molar refractivity (Wildman–Crippen MR) is 95.1 cm³/mol. The minimum Gasteiger partial charge on any atom is -0.347 e. The standard InChI is InChI=1S/C18H15ClN4O2/c19-12-5-1-2-6-13(12)21-17(24)15-14-7-3-4-10-23(14)16(22-15)18(25)20-11-8-9-11/h1-7,10-11H,8-9H2,(H,20,25)(H,21,24). The largest absolute Gasteiger partial charge is 0.347 e. The van der Waals surface area contributed by atoms with Crippen LogP contribution in [-0.2, 0) is 0 Å². The van der Waals surface area contributed by atoms with Crippen molar-refractivity contribution in [1.29, 1.82) is 0 Å². The number of carbonyl (C=O) groups is 2. The molecule has 1 fully saturated rings. The SMILES string of the molecule is O=C(Nc1ccccc1Cl)c1nc(C(=O)NC2CC2)n2ccccc12. The zero-order valence-corrected chi connectivity index (χ0v) is 14.0. The van der Waals surface area contributed by atoms with E-state index >= 15 is 0 Å². The molecule has 0 spiro atoms. The first-order chi connectivity index (χ1) is 12.1. The second-order valence-corrected chi connectivity index (χ2v) is 6.33. The Labute approximate surface area is 148 Å². The molecule has 2 aromatic heterocycles. The number of rotatable bonds is 4. The number of para-hydroxylation sites is 1. The van der Waals surface area contributed by atoms with E-state index in [4.69, 9.17) is 11.6 Å². The average molecular weight is 355 g/mol. The summed E-state index contributed by atoms with van der Waals surface area (Å²) in [5.74, 6) is -0.491. The zero-order chi connectivity index (χ0) is 17.4. The van der Waals surface area contributed by atoms with E-state index < -0.39 is 5.91 Å². The Morgan fingerprint density at radius 1 is 1.08 bits per heavy atom. The molecule has 126 valence electrons. The fourth-order valence-electron chi connectivity index (χ4n) is 2.59. The van der Waals surface area contributed by atoms with Crippen molar-refractivity contribution >= 4 is 34.6 Å². The molecule has 1 aliphatic rings. The highest BCUT2D eigenvalue weighted by molar-refractivity contribution is 6.34. The lowest BCUT2D eigenvalue weighted by atomic mass is 10.3. The molecule has 2 N–H and O–H groups in total. The number of amides is 2. The summed E-state index contributed by atoms with van der Waals surface area (Å²) in [7, 11) is 0. The van der Waals surface area contributed by atoms with Gasteiger partial charge >= 0.3 is 0 Å². The van der Waals surface area contributed by atoms with Crippen LogP contribution in [0.2, 0.25) is 5.02 Å². The van der Waals surface area contributed by atoms with Crippen LogP contribution in [-0.4, -0.2) is 27.2 Å². The van der Waals surface area contributed by atoms with Crippen LogP contribution < -0.4 is 10.6 Å². The molecule has 2 amide bonds. The number of nitrogens with one attached hydrogen (secondary N) is 2. The summed E-state index contributed by atoms with van der Waals surface area (Å²) in [5, 5.41) is 6.08. The van der Waals surface area contributed by atoms with Gasteiger partial charge in [0.25, 0.3) is 11.8 Å². The van der Waals surface area contributed by atoms with Crippen molar-refractivity contribution in [2.75, 3.05) is 5.32 Å². The predicted octanol–water partition coefficient (Wildman–Crippen LogP) is 3.13. The van der Waals surface area contributed by atoms with Crippen molar-refractivity contribution in [3.05, 3.63) is 65.2 Å². The van der Waals surface area contributed by atoms with Crippen molar-refractivity contribution in [2.45, 2.75) is 18.9 Å². The van der Waals surface area contributed by atoms with Crippen LogP contribution in [0.5, 0.6) is 0 Å². The van der Waals surface area contributed by atoms with Crippen molar-refractivity contribution in [2.24, 2.45) is 0 Å². The third-order valence-electron chi connectivity index (χ3n) is 4.00. The Kier molecular flexibility index (Phi) is 3.89. The second-order valence-electron chi connectivity index (χ2n) is 5.92. The number of nitrogens with zero attached hydrogens (tertiary/aromatic N) is 2. The van der Waals surface area contributed by atoms with Crippen LogP contribution in [0.15, 0.2) is 48.7 Å². The number of fused-ring (bicyclic) bond motifs is 1. The molecule has 7 heteroatoms. The van der Waals surface area contributed by atoms with Crippen molar-refractivity contribution in [3.8, 4) is 0 Å².